The number of hydrogen-bond acceptors (Lipinski definition) is 3. The zero-order chi connectivity index (χ0) is 19.2. The number of rotatable bonds is 7. The van der Waals surface area contributed by atoms with Gasteiger partial charge in [0.05, 0.1) is 18.3 Å². The minimum absolute atomic E-state index is 0.373. The Kier molecular flexibility index (Phi) is 6.37. The van der Waals surface area contributed by atoms with E-state index >= 15 is 0 Å². The van der Waals surface area contributed by atoms with E-state index in [2.05, 4.69) is 35.6 Å². The zero-order valence-corrected chi connectivity index (χ0v) is 16.9. The Bertz CT molecular complexity index is 792. The molecule has 6 heteroatoms. The largest absolute Gasteiger partial charge is 0.490 e. The first kappa shape index (κ1) is 19.3. The maximum atomic E-state index is 6.12. The third-order valence-electron chi connectivity index (χ3n) is 5.16. The van der Waals surface area contributed by atoms with Gasteiger partial charge in [-0.25, -0.2) is 4.99 Å². The van der Waals surface area contributed by atoms with E-state index < -0.39 is 0 Å². The zero-order valence-electron chi connectivity index (χ0n) is 16.9. The molecule has 0 saturated heterocycles. The van der Waals surface area contributed by atoms with Gasteiger partial charge in [-0.05, 0) is 46.1 Å². The first-order valence-corrected chi connectivity index (χ1v) is 9.84. The van der Waals surface area contributed by atoms with Crippen LogP contribution in [0.2, 0.25) is 0 Å². The number of aryl methyl sites for hydroxylation is 2. The number of aromatic nitrogens is 2. The predicted molar refractivity (Wildman–Crippen MR) is 109 cm³/mol. The van der Waals surface area contributed by atoms with Crippen LogP contribution in [0.4, 0.5) is 0 Å². The van der Waals surface area contributed by atoms with Gasteiger partial charge in [0.15, 0.2) is 5.96 Å². The molecule has 27 heavy (non-hydrogen) atoms. The Labute approximate surface area is 162 Å². The summed E-state index contributed by atoms with van der Waals surface area (Å²) in [5, 5.41) is 11.2. The molecule has 2 aromatic rings. The van der Waals surface area contributed by atoms with E-state index in [4.69, 9.17) is 9.73 Å². The first-order valence-electron chi connectivity index (χ1n) is 9.84. The van der Waals surface area contributed by atoms with E-state index in [0.29, 0.717) is 19.2 Å². The molecule has 0 atom stereocenters. The van der Waals surface area contributed by atoms with E-state index in [9.17, 15) is 0 Å². The van der Waals surface area contributed by atoms with Crippen LogP contribution in [0.5, 0.6) is 5.75 Å². The maximum Gasteiger partial charge on any atom is 0.191 e. The lowest BCUT2D eigenvalue weighted by molar-refractivity contribution is 0.119. The molecule has 1 aliphatic carbocycles. The molecule has 6 nitrogen and oxygen atoms in total. The number of hydrogen-bond donors (Lipinski definition) is 2. The van der Waals surface area contributed by atoms with Gasteiger partial charge < -0.3 is 15.4 Å². The predicted octanol–water partition coefficient (Wildman–Crippen LogP) is 3.22. The summed E-state index contributed by atoms with van der Waals surface area (Å²) in [5.74, 6) is 1.76. The average Bonchev–Trinajstić information content (AvgIpc) is 2.86. The molecule has 1 saturated carbocycles. The number of nitrogens with zero attached hydrogens (tertiary/aromatic N) is 3. The fourth-order valence-electron chi connectivity index (χ4n) is 3.17. The van der Waals surface area contributed by atoms with Crippen LogP contribution in [0, 0.1) is 13.8 Å². The summed E-state index contributed by atoms with van der Waals surface area (Å²) < 4.78 is 8.04. The summed E-state index contributed by atoms with van der Waals surface area (Å²) in [6.45, 7) is 8.32. The summed E-state index contributed by atoms with van der Waals surface area (Å²) >= 11 is 0. The first-order chi connectivity index (χ1) is 13.1. The number of benzene rings is 1. The van der Waals surface area contributed by atoms with Crippen molar-refractivity contribution in [3.8, 4) is 5.75 Å². The third-order valence-corrected chi connectivity index (χ3v) is 5.16. The van der Waals surface area contributed by atoms with Crippen molar-refractivity contribution in [2.24, 2.45) is 12.0 Å². The molecule has 1 aliphatic rings. The Hall–Kier alpha value is -2.50. The highest BCUT2D eigenvalue weighted by Crippen LogP contribution is 2.27. The van der Waals surface area contributed by atoms with Crippen molar-refractivity contribution >= 4 is 5.96 Å². The molecule has 3 rings (SSSR count). The lowest BCUT2D eigenvalue weighted by Gasteiger charge is -2.27. The molecule has 0 unspecified atom stereocenters. The highest BCUT2D eigenvalue weighted by molar-refractivity contribution is 5.79. The SMILES string of the molecule is CCNC(=NCc1ccccc1OC1CCC1)NCc1c(C)nn(C)c1C. The van der Waals surface area contributed by atoms with Crippen molar-refractivity contribution < 1.29 is 4.74 Å². The number of ether oxygens (including phenoxy) is 1. The van der Waals surface area contributed by atoms with E-state index in [1.165, 1.54) is 17.7 Å². The van der Waals surface area contributed by atoms with Gasteiger partial charge in [-0.3, -0.25) is 4.68 Å². The van der Waals surface area contributed by atoms with Crippen LogP contribution < -0.4 is 15.4 Å². The molecular weight excluding hydrogens is 338 g/mol. The molecule has 1 heterocycles. The minimum Gasteiger partial charge on any atom is -0.490 e. The normalized spacial score (nSPS) is 14.7. The van der Waals surface area contributed by atoms with E-state index in [0.717, 1.165) is 42.4 Å². The summed E-state index contributed by atoms with van der Waals surface area (Å²) in [7, 11) is 1.98. The highest BCUT2D eigenvalue weighted by atomic mass is 16.5. The van der Waals surface area contributed by atoms with Crippen molar-refractivity contribution in [3.63, 3.8) is 0 Å². The number of para-hydroxylation sites is 1. The lowest BCUT2D eigenvalue weighted by atomic mass is 9.96. The lowest BCUT2D eigenvalue weighted by Crippen LogP contribution is -2.37. The van der Waals surface area contributed by atoms with Crippen LogP contribution in [0.3, 0.4) is 0 Å². The minimum atomic E-state index is 0.373. The van der Waals surface area contributed by atoms with Gasteiger partial charge in [-0.15, -0.1) is 0 Å². The van der Waals surface area contributed by atoms with Crippen molar-refractivity contribution in [3.05, 3.63) is 46.8 Å². The Morgan fingerprint density at radius 1 is 1.26 bits per heavy atom. The van der Waals surface area contributed by atoms with E-state index in [1.54, 1.807) is 0 Å². The third kappa shape index (κ3) is 4.81. The highest BCUT2D eigenvalue weighted by Gasteiger charge is 2.20. The topological polar surface area (TPSA) is 63.5 Å². The number of guanidine groups is 1. The molecule has 146 valence electrons. The van der Waals surface area contributed by atoms with Gasteiger partial charge >= 0.3 is 0 Å². The Morgan fingerprint density at radius 3 is 2.67 bits per heavy atom. The number of nitrogens with one attached hydrogen (secondary N) is 2. The molecule has 0 bridgehead atoms. The van der Waals surface area contributed by atoms with Crippen LogP contribution >= 0.6 is 0 Å². The fourth-order valence-corrected chi connectivity index (χ4v) is 3.17. The smallest absolute Gasteiger partial charge is 0.191 e. The Morgan fingerprint density at radius 2 is 2.04 bits per heavy atom. The summed E-state index contributed by atoms with van der Waals surface area (Å²) in [6.07, 6.45) is 3.96. The van der Waals surface area contributed by atoms with Gasteiger partial charge in [0.2, 0.25) is 0 Å². The molecule has 1 aromatic heterocycles. The van der Waals surface area contributed by atoms with Crippen LogP contribution in [-0.2, 0) is 20.1 Å². The molecule has 0 aliphatic heterocycles. The molecule has 1 fully saturated rings. The second-order valence-electron chi connectivity index (χ2n) is 7.10. The van der Waals surface area contributed by atoms with Crippen molar-refractivity contribution in [1.29, 1.82) is 0 Å². The van der Waals surface area contributed by atoms with Crippen LogP contribution in [-0.4, -0.2) is 28.4 Å². The van der Waals surface area contributed by atoms with Crippen LogP contribution in [0.15, 0.2) is 29.3 Å². The standard InChI is InChI=1S/C21H31N5O/c1-5-22-21(24-14-19-15(2)25-26(4)16(19)3)23-13-17-9-6-7-12-20(17)27-18-10-8-11-18/h6-7,9,12,18H,5,8,10-11,13-14H2,1-4H3,(H2,22,23,24). The molecule has 0 spiro atoms. The molecule has 1 aromatic carbocycles. The molecule has 0 radical (unpaired) electrons. The fraction of sp³-hybridized carbons (Fsp3) is 0.524. The van der Waals surface area contributed by atoms with Crippen molar-refractivity contribution in [1.82, 2.24) is 20.4 Å². The quantitative estimate of drug-likeness (QED) is 0.581. The summed E-state index contributed by atoms with van der Waals surface area (Å²) in [5.41, 5.74) is 4.57. The summed E-state index contributed by atoms with van der Waals surface area (Å²) in [6, 6.07) is 8.21. The van der Waals surface area contributed by atoms with E-state index in [-0.39, 0.29) is 0 Å². The van der Waals surface area contributed by atoms with Crippen LogP contribution in [0.25, 0.3) is 0 Å². The van der Waals surface area contributed by atoms with Gasteiger partial charge in [-0.1, -0.05) is 18.2 Å². The monoisotopic (exact) mass is 369 g/mol. The summed E-state index contributed by atoms with van der Waals surface area (Å²) in [4.78, 5) is 4.76. The molecule has 2 N–H and O–H groups in total. The molecular formula is C21H31N5O. The van der Waals surface area contributed by atoms with Crippen molar-refractivity contribution in [2.45, 2.75) is 59.2 Å². The maximum absolute atomic E-state index is 6.12. The van der Waals surface area contributed by atoms with Gasteiger partial charge in [0.1, 0.15) is 5.75 Å². The average molecular weight is 370 g/mol. The van der Waals surface area contributed by atoms with E-state index in [1.807, 2.05) is 36.9 Å². The van der Waals surface area contributed by atoms with Crippen molar-refractivity contribution in [2.75, 3.05) is 6.54 Å². The Balaban J connectivity index is 1.67. The molecule has 0 amide bonds. The number of aliphatic imine (C=N–C) groups is 1. The van der Waals surface area contributed by atoms with Gasteiger partial charge in [-0.2, -0.15) is 5.10 Å². The second kappa shape index (κ2) is 8.93. The van der Waals surface area contributed by atoms with Crippen LogP contribution in [0.1, 0.15) is 48.7 Å². The van der Waals surface area contributed by atoms with Gasteiger partial charge in [0.25, 0.3) is 0 Å². The second-order valence-corrected chi connectivity index (χ2v) is 7.10. The van der Waals surface area contributed by atoms with Gasteiger partial charge in [0, 0.05) is 37.0 Å².